The zero-order chi connectivity index (χ0) is 13.0. The summed E-state index contributed by atoms with van der Waals surface area (Å²) in [4.78, 5) is 0. The van der Waals surface area contributed by atoms with Crippen LogP contribution in [0.4, 0.5) is 0 Å². The molecule has 0 amide bonds. The molecule has 0 heterocycles. The summed E-state index contributed by atoms with van der Waals surface area (Å²) in [7, 11) is 0. The molecule has 0 aromatic carbocycles. The molecule has 2 atom stereocenters. The van der Waals surface area contributed by atoms with Crippen molar-refractivity contribution in [1.82, 2.24) is 0 Å². The van der Waals surface area contributed by atoms with Crippen molar-refractivity contribution in [2.75, 3.05) is 0 Å². The molecule has 0 heteroatoms. The molecule has 0 radical (unpaired) electrons. The molecule has 18 heavy (non-hydrogen) atoms. The number of rotatable bonds is 5. The van der Waals surface area contributed by atoms with E-state index < -0.39 is 0 Å². The van der Waals surface area contributed by atoms with Crippen LogP contribution in [0, 0.1) is 11.8 Å². The number of unbranched alkanes of at least 4 members (excludes halogenated alkanes) is 1. The normalized spacial score (nSPS) is 28.1. The predicted molar refractivity (Wildman–Crippen MR) is 80.7 cm³/mol. The fourth-order valence-electron chi connectivity index (χ4n) is 4.04. The molecule has 0 aromatic rings. The van der Waals surface area contributed by atoms with Crippen molar-refractivity contribution in [1.29, 1.82) is 0 Å². The van der Waals surface area contributed by atoms with Crippen LogP contribution in [-0.2, 0) is 0 Å². The highest BCUT2D eigenvalue weighted by atomic mass is 14.4. The molecule has 0 aromatic heterocycles. The Morgan fingerprint density at radius 2 is 1.89 bits per heavy atom. The lowest BCUT2D eigenvalue weighted by Gasteiger charge is -2.37. The second kappa shape index (κ2) is 6.59. The molecule has 0 unspecified atom stereocenters. The van der Waals surface area contributed by atoms with Crippen LogP contribution in [0.2, 0.25) is 0 Å². The summed E-state index contributed by atoms with van der Waals surface area (Å²) < 4.78 is 0. The predicted octanol–water partition coefficient (Wildman–Crippen LogP) is 6.04. The second-order valence-corrected chi connectivity index (χ2v) is 6.08. The molecule has 102 valence electrons. The van der Waals surface area contributed by atoms with Gasteiger partial charge in [0.1, 0.15) is 0 Å². The minimum absolute atomic E-state index is 0.849. The molecule has 0 fully saturated rings. The molecule has 0 N–H and O–H groups in total. The van der Waals surface area contributed by atoms with Crippen LogP contribution in [0.1, 0.15) is 78.6 Å². The number of hydrogen-bond acceptors (Lipinski definition) is 0. The van der Waals surface area contributed by atoms with Crippen molar-refractivity contribution < 1.29 is 0 Å². The zero-order valence-corrected chi connectivity index (χ0v) is 12.6. The molecular weight excluding hydrogens is 216 g/mol. The summed E-state index contributed by atoms with van der Waals surface area (Å²) >= 11 is 0. The Bertz CT molecular complexity index is 332. The molecule has 0 spiro atoms. The van der Waals surface area contributed by atoms with Gasteiger partial charge in [0.05, 0.1) is 0 Å². The molecule has 2 aliphatic carbocycles. The Labute approximate surface area is 114 Å². The summed E-state index contributed by atoms with van der Waals surface area (Å²) in [6.45, 7) is 7.06. The second-order valence-electron chi connectivity index (χ2n) is 6.08. The van der Waals surface area contributed by atoms with Gasteiger partial charge in [0.15, 0.2) is 0 Å². The van der Waals surface area contributed by atoms with Crippen molar-refractivity contribution >= 4 is 0 Å². The smallest absolute Gasteiger partial charge is 0.0137 e. The molecule has 0 nitrogen and oxygen atoms in total. The van der Waals surface area contributed by atoms with Crippen LogP contribution in [-0.4, -0.2) is 0 Å². The van der Waals surface area contributed by atoms with Gasteiger partial charge in [-0.15, -0.1) is 0 Å². The molecular formula is C18H30. The molecule has 0 saturated heterocycles. The average molecular weight is 246 g/mol. The first-order chi connectivity index (χ1) is 8.81. The molecule has 0 saturated carbocycles. The van der Waals surface area contributed by atoms with E-state index in [0.29, 0.717) is 0 Å². The Morgan fingerprint density at radius 3 is 2.56 bits per heavy atom. The van der Waals surface area contributed by atoms with Crippen molar-refractivity contribution in [3.8, 4) is 0 Å². The first-order valence-electron chi connectivity index (χ1n) is 8.24. The quantitative estimate of drug-likeness (QED) is 0.555. The lowest BCUT2D eigenvalue weighted by atomic mass is 9.68. The largest absolute Gasteiger partial charge is 0.0773 e. The van der Waals surface area contributed by atoms with Gasteiger partial charge in [-0.05, 0) is 67.9 Å². The van der Waals surface area contributed by atoms with Gasteiger partial charge in [0.2, 0.25) is 0 Å². The Balaban J connectivity index is 2.24. The van der Waals surface area contributed by atoms with Crippen LogP contribution in [0.3, 0.4) is 0 Å². The molecule has 0 aliphatic heterocycles. The van der Waals surface area contributed by atoms with Gasteiger partial charge >= 0.3 is 0 Å². The van der Waals surface area contributed by atoms with E-state index in [-0.39, 0.29) is 0 Å². The lowest BCUT2D eigenvalue weighted by Crippen LogP contribution is -2.23. The van der Waals surface area contributed by atoms with Gasteiger partial charge in [-0.25, -0.2) is 0 Å². The standard InChI is InChI=1S/C18H30/c1-4-7-10-15-13-14(5-2)17-11-8-9-12-18(17)16(15)6-3/h13,15-16H,4-12H2,1-3H3/t15-,16-/m0/s1. The van der Waals surface area contributed by atoms with Gasteiger partial charge in [0.25, 0.3) is 0 Å². The summed E-state index contributed by atoms with van der Waals surface area (Å²) in [6, 6.07) is 0. The van der Waals surface area contributed by atoms with E-state index in [1.165, 1.54) is 57.8 Å². The fourth-order valence-corrected chi connectivity index (χ4v) is 4.04. The van der Waals surface area contributed by atoms with Gasteiger partial charge in [-0.3, -0.25) is 0 Å². The van der Waals surface area contributed by atoms with Gasteiger partial charge in [-0.2, -0.15) is 0 Å². The molecule has 0 bridgehead atoms. The highest BCUT2D eigenvalue weighted by molar-refractivity contribution is 5.42. The maximum atomic E-state index is 2.66. The van der Waals surface area contributed by atoms with Gasteiger partial charge in [0, 0.05) is 0 Å². The van der Waals surface area contributed by atoms with Gasteiger partial charge in [-0.1, -0.05) is 45.3 Å². The maximum Gasteiger partial charge on any atom is -0.0137 e. The minimum Gasteiger partial charge on any atom is -0.0773 e. The summed E-state index contributed by atoms with van der Waals surface area (Å²) in [6.07, 6.45) is 15.0. The lowest BCUT2D eigenvalue weighted by molar-refractivity contribution is 0.371. The minimum atomic E-state index is 0.849. The van der Waals surface area contributed by atoms with Crippen LogP contribution >= 0.6 is 0 Å². The van der Waals surface area contributed by atoms with E-state index in [1.807, 2.05) is 5.57 Å². The van der Waals surface area contributed by atoms with E-state index in [4.69, 9.17) is 0 Å². The first-order valence-corrected chi connectivity index (χ1v) is 8.24. The van der Waals surface area contributed by atoms with Gasteiger partial charge < -0.3 is 0 Å². The Morgan fingerprint density at radius 1 is 1.11 bits per heavy atom. The third-order valence-corrected chi connectivity index (χ3v) is 4.99. The van der Waals surface area contributed by atoms with E-state index in [9.17, 15) is 0 Å². The topological polar surface area (TPSA) is 0 Å². The van der Waals surface area contributed by atoms with Crippen LogP contribution in [0.25, 0.3) is 0 Å². The van der Waals surface area contributed by atoms with Crippen molar-refractivity contribution in [2.45, 2.75) is 78.6 Å². The Hall–Kier alpha value is -0.520. The third kappa shape index (κ3) is 2.73. The third-order valence-electron chi connectivity index (χ3n) is 4.99. The van der Waals surface area contributed by atoms with Crippen molar-refractivity contribution in [3.63, 3.8) is 0 Å². The number of hydrogen-bond donors (Lipinski definition) is 0. The zero-order valence-electron chi connectivity index (χ0n) is 12.6. The van der Waals surface area contributed by atoms with Crippen LogP contribution in [0.5, 0.6) is 0 Å². The van der Waals surface area contributed by atoms with Crippen LogP contribution < -0.4 is 0 Å². The van der Waals surface area contributed by atoms with Crippen LogP contribution in [0.15, 0.2) is 22.8 Å². The molecule has 2 rings (SSSR count). The van der Waals surface area contributed by atoms with E-state index in [1.54, 1.807) is 11.1 Å². The summed E-state index contributed by atoms with van der Waals surface area (Å²) in [5.41, 5.74) is 5.35. The first kappa shape index (κ1) is 13.9. The summed E-state index contributed by atoms with van der Waals surface area (Å²) in [5, 5.41) is 0. The van der Waals surface area contributed by atoms with Crippen molar-refractivity contribution in [3.05, 3.63) is 22.8 Å². The molecule has 2 aliphatic rings. The monoisotopic (exact) mass is 246 g/mol. The highest BCUT2D eigenvalue weighted by Crippen LogP contribution is 2.45. The van der Waals surface area contributed by atoms with E-state index >= 15 is 0 Å². The van der Waals surface area contributed by atoms with E-state index in [0.717, 1.165) is 11.8 Å². The number of allylic oxidation sites excluding steroid dienone is 4. The van der Waals surface area contributed by atoms with Crippen molar-refractivity contribution in [2.24, 2.45) is 11.8 Å². The highest BCUT2D eigenvalue weighted by Gasteiger charge is 2.30. The fraction of sp³-hybridized carbons (Fsp3) is 0.778. The Kier molecular flexibility index (Phi) is 5.09. The van der Waals surface area contributed by atoms with E-state index in [2.05, 4.69) is 26.8 Å². The summed E-state index contributed by atoms with van der Waals surface area (Å²) in [5.74, 6) is 1.73. The average Bonchev–Trinajstić information content (AvgIpc) is 2.43. The maximum absolute atomic E-state index is 2.66. The SMILES string of the molecule is CCCC[C@H]1C=C(CC)C2=C(CCCC2)[C@H]1CC.